The van der Waals surface area contributed by atoms with Crippen molar-refractivity contribution in [3.05, 3.63) is 77.4 Å². The van der Waals surface area contributed by atoms with Gasteiger partial charge in [0.15, 0.2) is 5.78 Å². The van der Waals surface area contributed by atoms with Crippen LogP contribution in [-0.4, -0.2) is 11.8 Å². The van der Waals surface area contributed by atoms with Crippen molar-refractivity contribution in [2.24, 2.45) is 5.92 Å². The molecule has 0 N–H and O–H groups in total. The van der Waals surface area contributed by atoms with Gasteiger partial charge in [0.25, 0.3) is 0 Å². The molecule has 0 saturated heterocycles. The number of carbonyl (C=O) groups excluding carboxylic acids is 2. The Morgan fingerprint density at radius 2 is 1.78 bits per heavy atom. The van der Waals surface area contributed by atoms with Gasteiger partial charge in [-0.3, -0.25) is 9.59 Å². The van der Waals surface area contributed by atoms with Crippen LogP contribution in [0.2, 0.25) is 0 Å². The minimum atomic E-state index is -4.56. The number of halogens is 3. The summed E-state index contributed by atoms with van der Waals surface area (Å²) >= 11 is 0. The summed E-state index contributed by atoms with van der Waals surface area (Å²) < 4.78 is 44.1. The fourth-order valence-electron chi connectivity index (χ4n) is 3.34. The number of ketones is 1. The van der Waals surface area contributed by atoms with Crippen molar-refractivity contribution in [1.82, 2.24) is 0 Å². The first kappa shape index (κ1) is 17.3. The van der Waals surface area contributed by atoms with E-state index >= 15 is 0 Å². The standard InChI is InChI=1S/C21H13F3O3/c22-21(23,24)14-6-3-5-13(10-14)19(25)17-11-16-15-7-2-1-4-12(15)8-9-18(16)27-20(17)26/h1-10,17H,11H2. The maximum Gasteiger partial charge on any atom is 0.416 e. The Hall–Kier alpha value is -3.15. The van der Waals surface area contributed by atoms with Gasteiger partial charge in [0.1, 0.15) is 11.7 Å². The number of esters is 1. The molecule has 3 aromatic carbocycles. The van der Waals surface area contributed by atoms with Crippen molar-refractivity contribution in [3.8, 4) is 5.75 Å². The molecule has 0 aliphatic carbocycles. The fourth-order valence-corrected chi connectivity index (χ4v) is 3.34. The third kappa shape index (κ3) is 3.07. The highest BCUT2D eigenvalue weighted by atomic mass is 19.4. The van der Waals surface area contributed by atoms with E-state index in [4.69, 9.17) is 4.74 Å². The van der Waals surface area contributed by atoms with E-state index in [0.717, 1.165) is 29.0 Å². The minimum Gasteiger partial charge on any atom is -0.426 e. The highest BCUT2D eigenvalue weighted by molar-refractivity contribution is 6.10. The molecule has 0 aromatic heterocycles. The molecule has 1 heterocycles. The van der Waals surface area contributed by atoms with E-state index in [-0.39, 0.29) is 12.0 Å². The number of hydrogen-bond acceptors (Lipinski definition) is 3. The summed E-state index contributed by atoms with van der Waals surface area (Å²) in [6.07, 6.45) is -4.48. The molecule has 4 rings (SSSR count). The SMILES string of the molecule is O=C1Oc2ccc3ccccc3c2CC1C(=O)c1cccc(C(F)(F)F)c1. The van der Waals surface area contributed by atoms with Gasteiger partial charge in [0, 0.05) is 11.1 Å². The Labute approximate surface area is 152 Å². The lowest BCUT2D eigenvalue weighted by atomic mass is 9.86. The Kier molecular flexibility index (Phi) is 3.98. The molecule has 0 radical (unpaired) electrons. The van der Waals surface area contributed by atoms with E-state index in [9.17, 15) is 22.8 Å². The molecule has 1 aliphatic heterocycles. The predicted octanol–water partition coefficient (Wildman–Crippen LogP) is 4.82. The summed E-state index contributed by atoms with van der Waals surface area (Å²) in [5.74, 6) is -2.22. The Morgan fingerprint density at radius 1 is 1.00 bits per heavy atom. The number of hydrogen-bond donors (Lipinski definition) is 0. The first-order valence-corrected chi connectivity index (χ1v) is 8.28. The second-order valence-corrected chi connectivity index (χ2v) is 6.38. The summed E-state index contributed by atoms with van der Waals surface area (Å²) in [4.78, 5) is 25.1. The quantitative estimate of drug-likeness (QED) is 0.281. The normalized spacial score (nSPS) is 16.7. The van der Waals surface area contributed by atoms with Crippen LogP contribution in [0.25, 0.3) is 10.8 Å². The molecule has 0 amide bonds. The molecule has 3 nitrogen and oxygen atoms in total. The topological polar surface area (TPSA) is 43.4 Å². The lowest BCUT2D eigenvalue weighted by Crippen LogP contribution is -2.34. The molecule has 27 heavy (non-hydrogen) atoms. The van der Waals surface area contributed by atoms with Crippen LogP contribution in [0, 0.1) is 5.92 Å². The second kappa shape index (κ2) is 6.23. The predicted molar refractivity (Wildman–Crippen MR) is 92.6 cm³/mol. The van der Waals surface area contributed by atoms with Gasteiger partial charge < -0.3 is 4.74 Å². The van der Waals surface area contributed by atoms with Crippen LogP contribution in [0.1, 0.15) is 21.5 Å². The van der Waals surface area contributed by atoms with E-state index in [2.05, 4.69) is 0 Å². The summed E-state index contributed by atoms with van der Waals surface area (Å²) in [5.41, 5.74) is -0.378. The van der Waals surface area contributed by atoms with E-state index in [1.54, 1.807) is 6.07 Å². The third-order valence-electron chi connectivity index (χ3n) is 4.69. The first-order valence-electron chi connectivity index (χ1n) is 8.28. The van der Waals surface area contributed by atoms with Crippen molar-refractivity contribution in [1.29, 1.82) is 0 Å². The van der Waals surface area contributed by atoms with Crippen LogP contribution in [0.5, 0.6) is 5.75 Å². The van der Waals surface area contributed by atoms with Crippen molar-refractivity contribution in [3.63, 3.8) is 0 Å². The van der Waals surface area contributed by atoms with Gasteiger partial charge in [-0.1, -0.05) is 42.5 Å². The molecule has 0 spiro atoms. The number of carbonyl (C=O) groups is 2. The number of ether oxygens (including phenoxy) is 1. The van der Waals surface area contributed by atoms with Crippen LogP contribution in [0.4, 0.5) is 13.2 Å². The molecule has 6 heteroatoms. The lowest BCUT2D eigenvalue weighted by molar-refractivity contribution is -0.138. The van der Waals surface area contributed by atoms with Crippen LogP contribution < -0.4 is 4.74 Å². The van der Waals surface area contributed by atoms with Crippen LogP contribution in [0.15, 0.2) is 60.7 Å². The van der Waals surface area contributed by atoms with Crippen molar-refractivity contribution < 1.29 is 27.5 Å². The number of rotatable bonds is 2. The minimum absolute atomic E-state index is 0.0879. The largest absolute Gasteiger partial charge is 0.426 e. The van der Waals surface area contributed by atoms with E-state index < -0.39 is 29.4 Å². The molecule has 1 unspecified atom stereocenters. The third-order valence-corrected chi connectivity index (χ3v) is 4.69. The number of benzene rings is 3. The fraction of sp³-hybridized carbons (Fsp3) is 0.143. The summed E-state index contributed by atoms with van der Waals surface area (Å²) in [6.45, 7) is 0. The number of Topliss-reactive ketones (excluding diaryl/α,β-unsaturated/α-hetero) is 1. The van der Waals surface area contributed by atoms with Gasteiger partial charge in [-0.25, -0.2) is 0 Å². The molecule has 0 bridgehead atoms. The Balaban J connectivity index is 1.73. The highest BCUT2D eigenvalue weighted by Gasteiger charge is 2.37. The van der Waals surface area contributed by atoms with E-state index in [1.807, 2.05) is 30.3 Å². The van der Waals surface area contributed by atoms with Gasteiger partial charge in [0.05, 0.1) is 5.56 Å². The van der Waals surface area contributed by atoms with Gasteiger partial charge >= 0.3 is 12.1 Å². The summed E-state index contributed by atoms with van der Waals surface area (Å²) in [7, 11) is 0. The monoisotopic (exact) mass is 370 g/mol. The lowest BCUT2D eigenvalue weighted by Gasteiger charge is -2.24. The molecule has 1 aliphatic rings. The van der Waals surface area contributed by atoms with Crippen LogP contribution in [0.3, 0.4) is 0 Å². The molecule has 1 atom stereocenters. The first-order chi connectivity index (χ1) is 12.8. The van der Waals surface area contributed by atoms with Gasteiger partial charge in [-0.15, -0.1) is 0 Å². The number of alkyl halides is 3. The van der Waals surface area contributed by atoms with Gasteiger partial charge in [-0.05, 0) is 35.4 Å². The molecule has 136 valence electrons. The molecule has 3 aromatic rings. The van der Waals surface area contributed by atoms with Crippen molar-refractivity contribution in [2.45, 2.75) is 12.6 Å². The number of fused-ring (bicyclic) bond motifs is 3. The van der Waals surface area contributed by atoms with E-state index in [1.165, 1.54) is 6.07 Å². The Bertz CT molecular complexity index is 1070. The van der Waals surface area contributed by atoms with Gasteiger partial charge in [0.2, 0.25) is 0 Å². The maximum absolute atomic E-state index is 12.9. The summed E-state index contributed by atoms with van der Waals surface area (Å²) in [5, 5.41) is 1.78. The van der Waals surface area contributed by atoms with E-state index in [0.29, 0.717) is 11.3 Å². The van der Waals surface area contributed by atoms with Crippen LogP contribution in [-0.2, 0) is 17.4 Å². The molecule has 0 fully saturated rings. The summed E-state index contributed by atoms with van der Waals surface area (Å²) in [6, 6.07) is 15.0. The maximum atomic E-state index is 12.9. The van der Waals surface area contributed by atoms with Gasteiger partial charge in [-0.2, -0.15) is 13.2 Å². The molecular formula is C21H13F3O3. The second-order valence-electron chi connectivity index (χ2n) is 6.38. The molecule has 0 saturated carbocycles. The highest BCUT2D eigenvalue weighted by Crippen LogP contribution is 2.36. The zero-order chi connectivity index (χ0) is 19.2. The Morgan fingerprint density at radius 3 is 2.56 bits per heavy atom. The van der Waals surface area contributed by atoms with Crippen LogP contribution >= 0.6 is 0 Å². The average molecular weight is 370 g/mol. The molecular weight excluding hydrogens is 357 g/mol. The average Bonchev–Trinajstić information content (AvgIpc) is 2.66. The zero-order valence-corrected chi connectivity index (χ0v) is 13.9. The van der Waals surface area contributed by atoms with Crippen molar-refractivity contribution >= 4 is 22.5 Å². The zero-order valence-electron chi connectivity index (χ0n) is 13.9. The smallest absolute Gasteiger partial charge is 0.416 e. The van der Waals surface area contributed by atoms with Crippen molar-refractivity contribution in [2.75, 3.05) is 0 Å².